The summed E-state index contributed by atoms with van der Waals surface area (Å²) in [6, 6.07) is 6.58. The van der Waals surface area contributed by atoms with Crippen molar-refractivity contribution in [2.45, 2.75) is 13.1 Å². The molecule has 0 bridgehead atoms. The highest BCUT2D eigenvalue weighted by atomic mass is 35.5. The van der Waals surface area contributed by atoms with Crippen molar-refractivity contribution in [3.05, 3.63) is 51.8 Å². The van der Waals surface area contributed by atoms with E-state index < -0.39 is 11.7 Å². The van der Waals surface area contributed by atoms with Gasteiger partial charge in [0.15, 0.2) is 5.11 Å². The van der Waals surface area contributed by atoms with Crippen molar-refractivity contribution in [3.63, 3.8) is 0 Å². The molecule has 10 heteroatoms. The lowest BCUT2D eigenvalue weighted by molar-refractivity contribution is -0.137. The highest BCUT2D eigenvalue weighted by molar-refractivity contribution is 7.80. The average molecular weight is 400 g/mol. The first-order valence-electron chi connectivity index (χ1n) is 7.16. The van der Waals surface area contributed by atoms with Gasteiger partial charge >= 0.3 is 6.18 Å². The molecule has 136 valence electrons. The first-order valence-corrected chi connectivity index (χ1v) is 7.95. The molecule has 0 unspecified atom stereocenters. The van der Waals surface area contributed by atoms with E-state index in [2.05, 4.69) is 15.8 Å². The lowest BCUT2D eigenvalue weighted by Gasteiger charge is -2.12. The molecule has 0 saturated carbocycles. The maximum absolute atomic E-state index is 12.8. The van der Waals surface area contributed by atoms with E-state index in [-0.39, 0.29) is 15.8 Å². The molecule has 1 heterocycles. The van der Waals surface area contributed by atoms with Gasteiger partial charge in [-0.05, 0) is 43.4 Å². The highest BCUT2D eigenvalue weighted by Crippen LogP contribution is 2.33. The third-order valence-electron chi connectivity index (χ3n) is 3.60. The zero-order chi connectivity index (χ0) is 19.5. The second-order valence-corrected chi connectivity index (χ2v) is 6.07. The number of hydrogen-bond acceptors (Lipinski definition) is 3. The van der Waals surface area contributed by atoms with Crippen LogP contribution in [0.15, 0.2) is 29.4 Å². The zero-order valence-corrected chi connectivity index (χ0v) is 15.2. The van der Waals surface area contributed by atoms with Crippen LogP contribution in [0, 0.1) is 18.3 Å². The van der Waals surface area contributed by atoms with Crippen molar-refractivity contribution < 1.29 is 13.2 Å². The van der Waals surface area contributed by atoms with Gasteiger partial charge in [-0.3, -0.25) is 5.43 Å². The van der Waals surface area contributed by atoms with Crippen molar-refractivity contribution in [3.8, 4) is 6.07 Å². The molecule has 0 atom stereocenters. The molecular formula is C16H13ClF3N5S. The monoisotopic (exact) mass is 399 g/mol. The van der Waals surface area contributed by atoms with Crippen molar-refractivity contribution in [2.24, 2.45) is 12.1 Å². The number of benzene rings is 1. The molecule has 26 heavy (non-hydrogen) atoms. The Hall–Kier alpha value is -2.57. The normalized spacial score (nSPS) is 11.4. The lowest BCUT2D eigenvalue weighted by atomic mass is 10.2. The van der Waals surface area contributed by atoms with Crippen molar-refractivity contribution in [2.75, 3.05) is 5.32 Å². The average Bonchev–Trinajstić information content (AvgIpc) is 2.83. The number of nitrogens with zero attached hydrogens (tertiary/aromatic N) is 3. The Morgan fingerprint density at radius 2 is 2.08 bits per heavy atom. The Bertz CT molecular complexity index is 912. The molecule has 0 aliphatic carbocycles. The predicted molar refractivity (Wildman–Crippen MR) is 98.3 cm³/mol. The third-order valence-corrected chi connectivity index (χ3v) is 4.12. The number of nitrogens with one attached hydrogen (secondary N) is 2. The van der Waals surface area contributed by atoms with Crippen LogP contribution < -0.4 is 10.7 Å². The summed E-state index contributed by atoms with van der Waals surface area (Å²) in [5.74, 6) is 0. The molecule has 0 fully saturated rings. The lowest BCUT2D eigenvalue weighted by Crippen LogP contribution is -2.24. The first-order chi connectivity index (χ1) is 12.1. The minimum absolute atomic E-state index is 0.0110. The predicted octanol–water partition coefficient (Wildman–Crippen LogP) is 4.20. The molecule has 0 aliphatic rings. The minimum Gasteiger partial charge on any atom is -0.339 e. The van der Waals surface area contributed by atoms with E-state index in [0.717, 1.165) is 23.9 Å². The number of thiocarbonyl (C=S) groups is 1. The molecule has 1 aromatic carbocycles. The molecule has 0 radical (unpaired) electrons. The summed E-state index contributed by atoms with van der Waals surface area (Å²) in [5, 5.41) is 15.5. The number of aromatic nitrogens is 1. The van der Waals surface area contributed by atoms with Gasteiger partial charge in [-0.2, -0.15) is 23.5 Å². The molecule has 0 spiro atoms. The largest absolute Gasteiger partial charge is 0.416 e. The Morgan fingerprint density at radius 3 is 2.65 bits per heavy atom. The Balaban J connectivity index is 2.07. The summed E-state index contributed by atoms with van der Waals surface area (Å²) < 4.78 is 40.0. The van der Waals surface area contributed by atoms with Crippen molar-refractivity contribution >= 4 is 40.8 Å². The fraction of sp³-hybridized carbons (Fsp3) is 0.188. The van der Waals surface area contributed by atoms with Crippen molar-refractivity contribution in [1.29, 1.82) is 5.26 Å². The maximum Gasteiger partial charge on any atom is 0.416 e. The summed E-state index contributed by atoms with van der Waals surface area (Å²) in [7, 11) is 1.75. The van der Waals surface area contributed by atoms with Crippen LogP contribution >= 0.6 is 23.8 Å². The van der Waals surface area contributed by atoms with Crippen LogP contribution in [0.2, 0.25) is 5.02 Å². The number of hydrogen-bond donors (Lipinski definition) is 2. The van der Waals surface area contributed by atoms with E-state index in [9.17, 15) is 13.2 Å². The number of halogens is 4. The van der Waals surface area contributed by atoms with Crippen LogP contribution in [0.4, 0.5) is 18.9 Å². The van der Waals surface area contributed by atoms with Crippen LogP contribution in [0.3, 0.4) is 0 Å². The topological polar surface area (TPSA) is 65.1 Å². The van der Waals surface area contributed by atoms with Gasteiger partial charge in [0.1, 0.15) is 11.8 Å². The van der Waals surface area contributed by atoms with E-state index >= 15 is 0 Å². The molecule has 1 aromatic heterocycles. The van der Waals surface area contributed by atoms with Gasteiger partial charge in [0.2, 0.25) is 0 Å². The van der Waals surface area contributed by atoms with Gasteiger partial charge in [-0.1, -0.05) is 11.6 Å². The second kappa shape index (κ2) is 7.76. The van der Waals surface area contributed by atoms with Crippen LogP contribution in [-0.2, 0) is 13.2 Å². The SMILES string of the molecule is Cc1c(C=NNC(=S)Nc2cc(C(F)(F)F)ccc2Cl)cc(C#N)n1C. The summed E-state index contributed by atoms with van der Waals surface area (Å²) in [4.78, 5) is 0. The number of hydrazone groups is 1. The number of nitriles is 1. The molecular weight excluding hydrogens is 387 g/mol. The van der Waals surface area contributed by atoms with Gasteiger partial charge in [0.05, 0.1) is 22.5 Å². The van der Waals surface area contributed by atoms with Gasteiger partial charge < -0.3 is 9.88 Å². The summed E-state index contributed by atoms with van der Waals surface area (Å²) in [6.45, 7) is 1.82. The van der Waals surface area contributed by atoms with E-state index in [0.29, 0.717) is 11.3 Å². The molecule has 2 N–H and O–H groups in total. The first kappa shape index (κ1) is 19.8. The van der Waals surface area contributed by atoms with Crippen LogP contribution in [0.25, 0.3) is 0 Å². The summed E-state index contributed by atoms with van der Waals surface area (Å²) in [6.07, 6.45) is -3.03. The standard InChI is InChI=1S/C16H13ClF3N5S/c1-9-10(5-12(7-21)25(9)2)8-22-24-15(26)23-14-6-11(16(18,19)20)3-4-13(14)17/h3-6,8H,1-2H3,(H2,23,24,26). The summed E-state index contributed by atoms with van der Waals surface area (Å²) >= 11 is 10.9. The molecule has 0 saturated heterocycles. The number of rotatable bonds is 3. The zero-order valence-electron chi connectivity index (χ0n) is 13.6. The van der Waals surface area contributed by atoms with Crippen LogP contribution in [0.1, 0.15) is 22.5 Å². The number of alkyl halides is 3. The van der Waals surface area contributed by atoms with Gasteiger partial charge in [-0.25, -0.2) is 0 Å². The van der Waals surface area contributed by atoms with Gasteiger partial charge in [0, 0.05) is 18.3 Å². The fourth-order valence-electron chi connectivity index (χ4n) is 2.07. The molecule has 0 aliphatic heterocycles. The van der Waals surface area contributed by atoms with Crippen LogP contribution in [-0.4, -0.2) is 15.9 Å². The number of anilines is 1. The van der Waals surface area contributed by atoms with Crippen molar-refractivity contribution in [1.82, 2.24) is 9.99 Å². The molecule has 2 rings (SSSR count). The summed E-state index contributed by atoms with van der Waals surface area (Å²) in [5.41, 5.74) is 3.66. The van der Waals surface area contributed by atoms with E-state index in [1.54, 1.807) is 17.7 Å². The van der Waals surface area contributed by atoms with Gasteiger partial charge in [-0.15, -0.1) is 0 Å². The molecule has 2 aromatic rings. The van der Waals surface area contributed by atoms with E-state index in [1.165, 1.54) is 6.21 Å². The van der Waals surface area contributed by atoms with E-state index in [4.69, 9.17) is 29.1 Å². The minimum atomic E-state index is -4.49. The Morgan fingerprint density at radius 1 is 1.38 bits per heavy atom. The van der Waals surface area contributed by atoms with Gasteiger partial charge in [0.25, 0.3) is 0 Å². The Labute approximate surface area is 158 Å². The van der Waals surface area contributed by atoms with E-state index in [1.807, 2.05) is 13.0 Å². The Kier molecular flexibility index (Phi) is 5.90. The second-order valence-electron chi connectivity index (χ2n) is 5.26. The molecule has 0 amide bonds. The maximum atomic E-state index is 12.8. The molecule has 5 nitrogen and oxygen atoms in total. The quantitative estimate of drug-likeness (QED) is 0.461. The third kappa shape index (κ3) is 4.53. The highest BCUT2D eigenvalue weighted by Gasteiger charge is 2.31. The van der Waals surface area contributed by atoms with Crippen LogP contribution in [0.5, 0.6) is 0 Å². The smallest absolute Gasteiger partial charge is 0.339 e. The fourth-order valence-corrected chi connectivity index (χ4v) is 2.40.